The second-order valence-electron chi connectivity index (χ2n) is 9.35. The van der Waals surface area contributed by atoms with Gasteiger partial charge in [0.2, 0.25) is 0 Å². The average Bonchev–Trinajstić information content (AvgIpc) is 3.17. The number of furan rings is 1. The predicted octanol–water partition coefficient (Wildman–Crippen LogP) is 2.91. The van der Waals surface area contributed by atoms with Crippen molar-refractivity contribution < 1.29 is 38.2 Å². The third-order valence-electron chi connectivity index (χ3n) is 7.62. The molecule has 162 valence electrons. The summed E-state index contributed by atoms with van der Waals surface area (Å²) < 4.78 is 16.0. The normalized spacial score (nSPS) is 40.7. The number of esters is 2. The zero-order valence-electron chi connectivity index (χ0n) is 17.3. The fourth-order valence-corrected chi connectivity index (χ4v) is 6.34. The molecule has 1 N–H and O–H groups in total. The maximum absolute atomic E-state index is 13.6. The molecular weight excluding hydrogens is 392 g/mol. The van der Waals surface area contributed by atoms with Crippen molar-refractivity contribution in [1.29, 1.82) is 0 Å². The van der Waals surface area contributed by atoms with E-state index in [1.165, 1.54) is 19.5 Å². The first kappa shape index (κ1) is 20.6. The molecule has 0 bridgehead atoms. The molecule has 3 fully saturated rings. The number of Topliss-reactive ketones (excluding diaryl/α,β-unsaturated/α-hetero) is 1. The molecule has 2 heterocycles. The van der Waals surface area contributed by atoms with E-state index in [1.54, 1.807) is 6.07 Å². The fraction of sp³-hybridized carbons (Fsp3) is 0.636. The lowest BCUT2D eigenvalue weighted by Crippen LogP contribution is -2.64. The van der Waals surface area contributed by atoms with Gasteiger partial charge in [0.05, 0.1) is 24.4 Å². The van der Waals surface area contributed by atoms with E-state index in [1.807, 2.05) is 13.8 Å². The molecule has 2 aliphatic carbocycles. The van der Waals surface area contributed by atoms with E-state index in [2.05, 4.69) is 0 Å². The van der Waals surface area contributed by atoms with Crippen LogP contribution in [0, 0.1) is 28.6 Å². The summed E-state index contributed by atoms with van der Waals surface area (Å²) in [6.45, 7) is 4.90. The number of carboxylic acids is 1. The van der Waals surface area contributed by atoms with Crippen LogP contribution in [0.4, 0.5) is 0 Å². The van der Waals surface area contributed by atoms with Gasteiger partial charge in [-0.2, -0.15) is 0 Å². The van der Waals surface area contributed by atoms with Crippen LogP contribution in [0.15, 0.2) is 23.0 Å². The molecule has 0 spiro atoms. The van der Waals surface area contributed by atoms with E-state index in [4.69, 9.17) is 13.9 Å². The number of ether oxygens (including phenoxy) is 2. The van der Waals surface area contributed by atoms with Gasteiger partial charge in [0, 0.05) is 24.8 Å². The summed E-state index contributed by atoms with van der Waals surface area (Å²) in [4.78, 5) is 50.3. The Hall–Kier alpha value is -2.64. The zero-order chi connectivity index (χ0) is 21.8. The van der Waals surface area contributed by atoms with Gasteiger partial charge in [-0.3, -0.25) is 19.2 Å². The largest absolute Gasteiger partial charge is 0.481 e. The van der Waals surface area contributed by atoms with Gasteiger partial charge in [0.15, 0.2) is 11.9 Å². The Balaban J connectivity index is 1.79. The average molecular weight is 418 g/mol. The lowest BCUT2D eigenvalue weighted by molar-refractivity contribution is -0.209. The summed E-state index contributed by atoms with van der Waals surface area (Å²) in [5, 5.41) is 9.96. The summed E-state index contributed by atoms with van der Waals surface area (Å²) in [6, 6.07) is 1.72. The predicted molar refractivity (Wildman–Crippen MR) is 101 cm³/mol. The van der Waals surface area contributed by atoms with Crippen molar-refractivity contribution in [2.24, 2.45) is 28.6 Å². The molecule has 0 amide bonds. The molecule has 8 nitrogen and oxygen atoms in total. The third-order valence-corrected chi connectivity index (χ3v) is 7.62. The number of carbonyl (C=O) groups excluding carboxylic acids is 3. The van der Waals surface area contributed by atoms with Crippen LogP contribution in [-0.4, -0.2) is 34.9 Å². The number of hydrogen-bond donors (Lipinski definition) is 1. The Morgan fingerprint density at radius 3 is 2.57 bits per heavy atom. The monoisotopic (exact) mass is 418 g/mol. The van der Waals surface area contributed by atoms with E-state index in [0.717, 1.165) is 0 Å². The Bertz CT molecular complexity index is 889. The Labute approximate surface area is 173 Å². The Morgan fingerprint density at radius 2 is 1.97 bits per heavy atom. The van der Waals surface area contributed by atoms with Crippen molar-refractivity contribution in [3.05, 3.63) is 24.2 Å². The van der Waals surface area contributed by atoms with Gasteiger partial charge in [-0.05, 0) is 36.2 Å². The van der Waals surface area contributed by atoms with Crippen LogP contribution in [-0.2, 0) is 28.7 Å². The molecule has 1 aromatic heterocycles. The number of rotatable bonds is 3. The summed E-state index contributed by atoms with van der Waals surface area (Å²) in [6.07, 6.45) is 2.49. The molecule has 30 heavy (non-hydrogen) atoms. The molecule has 8 heteroatoms. The number of carbonyl (C=O) groups is 4. The van der Waals surface area contributed by atoms with Crippen molar-refractivity contribution in [3.63, 3.8) is 0 Å². The van der Waals surface area contributed by atoms with Gasteiger partial charge in [0.1, 0.15) is 6.10 Å². The van der Waals surface area contributed by atoms with Gasteiger partial charge < -0.3 is 19.0 Å². The van der Waals surface area contributed by atoms with Crippen LogP contribution in [0.5, 0.6) is 0 Å². The van der Waals surface area contributed by atoms with E-state index in [9.17, 15) is 24.3 Å². The van der Waals surface area contributed by atoms with Gasteiger partial charge in [-0.25, -0.2) is 0 Å². The zero-order valence-corrected chi connectivity index (χ0v) is 17.3. The van der Waals surface area contributed by atoms with Gasteiger partial charge in [-0.1, -0.05) is 13.8 Å². The maximum Gasteiger partial charge on any atom is 0.310 e. The number of aliphatic carboxylic acids is 1. The van der Waals surface area contributed by atoms with Crippen molar-refractivity contribution in [3.8, 4) is 0 Å². The minimum atomic E-state index is -1.12. The maximum atomic E-state index is 13.6. The van der Waals surface area contributed by atoms with Crippen molar-refractivity contribution >= 4 is 23.7 Å². The summed E-state index contributed by atoms with van der Waals surface area (Å²) >= 11 is 0. The van der Waals surface area contributed by atoms with Crippen molar-refractivity contribution in [1.82, 2.24) is 0 Å². The molecule has 0 aromatic carbocycles. The van der Waals surface area contributed by atoms with Crippen LogP contribution in [0.3, 0.4) is 0 Å². The summed E-state index contributed by atoms with van der Waals surface area (Å²) in [5.74, 6) is -4.44. The van der Waals surface area contributed by atoms with Crippen LogP contribution in [0.25, 0.3) is 0 Å². The van der Waals surface area contributed by atoms with Gasteiger partial charge >= 0.3 is 17.9 Å². The lowest BCUT2D eigenvalue weighted by atomic mass is 9.43. The Morgan fingerprint density at radius 1 is 1.23 bits per heavy atom. The smallest absolute Gasteiger partial charge is 0.310 e. The van der Waals surface area contributed by atoms with Gasteiger partial charge in [-0.15, -0.1) is 0 Å². The third kappa shape index (κ3) is 2.96. The first-order valence-electron chi connectivity index (χ1n) is 10.2. The second-order valence-corrected chi connectivity index (χ2v) is 9.35. The Kier molecular flexibility index (Phi) is 4.78. The molecule has 0 radical (unpaired) electrons. The molecule has 2 saturated carbocycles. The van der Waals surface area contributed by atoms with Crippen molar-refractivity contribution in [2.45, 2.75) is 58.7 Å². The molecule has 7 atom stereocenters. The molecule has 3 aliphatic rings. The molecule has 1 unspecified atom stereocenters. The van der Waals surface area contributed by atoms with E-state index in [-0.39, 0.29) is 18.2 Å². The first-order chi connectivity index (χ1) is 14.1. The standard InChI is InChI=1S/C22H26O8/c1-11(23)29-15-8-14(19(25)26)21(2)6-4-13-20(27)30-16(12-5-7-28-10-12)9-22(13,3)18(21)17(15)24/h5,7,10,13-16,18H,4,6,8-9H2,1-3H3,(H,25,26)/t13?,14-,15-,16-,18-,21-,22-/m0/s1. The molecular formula is C22H26O8. The van der Waals surface area contributed by atoms with Crippen LogP contribution >= 0.6 is 0 Å². The highest BCUT2D eigenvalue weighted by Crippen LogP contribution is 2.65. The summed E-state index contributed by atoms with van der Waals surface area (Å²) in [5.41, 5.74) is -0.970. The number of ketones is 1. The van der Waals surface area contributed by atoms with Crippen molar-refractivity contribution in [2.75, 3.05) is 0 Å². The SMILES string of the molecule is CC(=O)O[C@H]1C[C@@H](C(=O)O)[C@]2(C)CCC3C(=O)O[C@H](c4ccoc4)C[C@]3(C)[C@H]2C1=O. The quantitative estimate of drug-likeness (QED) is 0.744. The van der Waals surface area contributed by atoms with E-state index in [0.29, 0.717) is 24.8 Å². The molecule has 4 rings (SSSR count). The topological polar surface area (TPSA) is 120 Å². The van der Waals surface area contributed by atoms with Crippen LogP contribution < -0.4 is 0 Å². The summed E-state index contributed by atoms with van der Waals surface area (Å²) in [7, 11) is 0. The minimum Gasteiger partial charge on any atom is -0.481 e. The van der Waals surface area contributed by atoms with Gasteiger partial charge in [0.25, 0.3) is 0 Å². The molecule has 1 aromatic rings. The number of cyclic esters (lactones) is 1. The molecule has 1 saturated heterocycles. The highest BCUT2D eigenvalue weighted by atomic mass is 16.6. The number of fused-ring (bicyclic) bond motifs is 3. The van der Waals surface area contributed by atoms with E-state index >= 15 is 0 Å². The van der Waals surface area contributed by atoms with Crippen LogP contribution in [0.2, 0.25) is 0 Å². The number of hydrogen-bond acceptors (Lipinski definition) is 7. The number of carboxylic acid groups (broad SMARTS) is 1. The lowest BCUT2D eigenvalue weighted by Gasteiger charge is -2.60. The van der Waals surface area contributed by atoms with Crippen LogP contribution in [0.1, 0.15) is 58.1 Å². The minimum absolute atomic E-state index is 0.0445. The molecule has 1 aliphatic heterocycles. The second kappa shape index (κ2) is 6.96. The van der Waals surface area contributed by atoms with E-state index < -0.39 is 52.7 Å². The highest BCUT2D eigenvalue weighted by Gasteiger charge is 2.67. The first-order valence-corrected chi connectivity index (χ1v) is 10.2. The fourth-order valence-electron chi connectivity index (χ4n) is 6.34. The highest BCUT2D eigenvalue weighted by molar-refractivity contribution is 5.93.